The molecule has 1 atom stereocenters. The van der Waals surface area contributed by atoms with Crippen LogP contribution in [-0.4, -0.2) is 30.5 Å². The number of aromatic nitrogens is 5. The van der Waals surface area contributed by atoms with Crippen molar-refractivity contribution >= 4 is 5.91 Å². The van der Waals surface area contributed by atoms with E-state index in [9.17, 15) is 9.59 Å². The molecule has 3 aromatic rings. The van der Waals surface area contributed by atoms with E-state index in [2.05, 4.69) is 20.5 Å². The molecule has 2 aromatic heterocycles. The number of hydrogen-bond donors (Lipinski definition) is 2. The first kappa shape index (κ1) is 16.7. The molecule has 1 aromatic carbocycles. The Morgan fingerprint density at radius 2 is 1.96 bits per heavy atom. The summed E-state index contributed by atoms with van der Waals surface area (Å²) in [7, 11) is 1.78. The number of nitrogens with one attached hydrogen (secondary N) is 2. The summed E-state index contributed by atoms with van der Waals surface area (Å²) in [5, 5.41) is 9.82. The molecule has 2 N–H and O–H groups in total. The lowest BCUT2D eigenvalue weighted by Crippen LogP contribution is -2.34. The van der Waals surface area contributed by atoms with Gasteiger partial charge in [-0.2, -0.15) is 5.10 Å². The maximum absolute atomic E-state index is 12.6. The second-order valence-corrected chi connectivity index (χ2v) is 6.12. The van der Waals surface area contributed by atoms with Crippen LogP contribution in [-0.2, 0) is 7.05 Å². The van der Waals surface area contributed by atoms with Gasteiger partial charge in [0.15, 0.2) is 0 Å². The van der Waals surface area contributed by atoms with Crippen molar-refractivity contribution in [1.29, 1.82) is 0 Å². The number of rotatable bonds is 5. The Hall–Kier alpha value is -3.16. The summed E-state index contributed by atoms with van der Waals surface area (Å²) in [6.45, 7) is 3.97. The maximum atomic E-state index is 12.6. The summed E-state index contributed by atoms with van der Waals surface area (Å²) in [4.78, 5) is 29.0. The topological polar surface area (TPSA) is 97.6 Å². The van der Waals surface area contributed by atoms with Crippen LogP contribution < -0.4 is 10.9 Å². The van der Waals surface area contributed by atoms with Crippen LogP contribution in [0.25, 0.3) is 5.69 Å². The number of carbonyl (C=O) groups is 1. The molecule has 130 valence electrons. The van der Waals surface area contributed by atoms with Gasteiger partial charge in [0.05, 0.1) is 11.7 Å². The van der Waals surface area contributed by atoms with Gasteiger partial charge >= 0.3 is 0 Å². The maximum Gasteiger partial charge on any atom is 0.271 e. The fourth-order valence-electron chi connectivity index (χ4n) is 2.62. The highest BCUT2D eigenvalue weighted by Gasteiger charge is 2.24. The molecule has 2 heterocycles. The molecule has 0 aliphatic rings. The third-order valence-electron chi connectivity index (χ3n) is 3.96. The molecule has 0 unspecified atom stereocenters. The minimum Gasteiger partial charge on any atom is -0.340 e. The van der Waals surface area contributed by atoms with Crippen molar-refractivity contribution in [2.45, 2.75) is 19.9 Å². The fourth-order valence-corrected chi connectivity index (χ4v) is 2.62. The first-order valence-electron chi connectivity index (χ1n) is 7.99. The van der Waals surface area contributed by atoms with Gasteiger partial charge in [0.2, 0.25) is 0 Å². The largest absolute Gasteiger partial charge is 0.340 e. The lowest BCUT2D eigenvalue weighted by Gasteiger charge is -2.21. The molecule has 0 saturated carbocycles. The Bertz CT molecular complexity index is 922. The molecule has 0 saturated heterocycles. The Kier molecular flexibility index (Phi) is 4.51. The Morgan fingerprint density at radius 3 is 2.56 bits per heavy atom. The van der Waals surface area contributed by atoms with Gasteiger partial charge in [-0.3, -0.25) is 19.4 Å². The molecule has 0 spiro atoms. The number of aromatic amines is 1. The third-order valence-corrected chi connectivity index (χ3v) is 3.96. The van der Waals surface area contributed by atoms with Crippen LogP contribution in [0.5, 0.6) is 0 Å². The van der Waals surface area contributed by atoms with Crippen molar-refractivity contribution in [1.82, 2.24) is 29.9 Å². The van der Waals surface area contributed by atoms with Crippen molar-refractivity contribution in [3.63, 3.8) is 0 Å². The quantitative estimate of drug-likeness (QED) is 0.734. The number of benzene rings is 1. The molecule has 0 fully saturated rings. The number of hydrogen-bond acceptors (Lipinski definition) is 4. The van der Waals surface area contributed by atoms with Gasteiger partial charge in [-0.05, 0) is 18.1 Å². The summed E-state index contributed by atoms with van der Waals surface area (Å²) < 4.78 is 2.96. The van der Waals surface area contributed by atoms with E-state index < -0.39 is 0 Å². The summed E-state index contributed by atoms with van der Waals surface area (Å²) in [6.07, 6.45) is 1.45. The van der Waals surface area contributed by atoms with Gasteiger partial charge in [0, 0.05) is 13.1 Å². The first-order chi connectivity index (χ1) is 12.0. The van der Waals surface area contributed by atoms with Crippen molar-refractivity contribution in [3.8, 4) is 5.69 Å². The zero-order chi connectivity index (χ0) is 18.0. The molecule has 1 amide bonds. The zero-order valence-electron chi connectivity index (χ0n) is 14.3. The summed E-state index contributed by atoms with van der Waals surface area (Å²) in [5.74, 6) is 0.399. The van der Waals surface area contributed by atoms with Gasteiger partial charge < -0.3 is 5.32 Å². The van der Waals surface area contributed by atoms with E-state index in [1.165, 1.54) is 17.1 Å². The normalized spacial score (nSPS) is 12.3. The van der Waals surface area contributed by atoms with E-state index in [0.717, 1.165) is 0 Å². The minimum atomic E-state index is -0.367. The van der Waals surface area contributed by atoms with Gasteiger partial charge in [-0.15, -0.1) is 0 Å². The van der Waals surface area contributed by atoms with Crippen LogP contribution in [0.2, 0.25) is 0 Å². The number of aryl methyl sites for hydroxylation is 1. The van der Waals surface area contributed by atoms with Crippen LogP contribution in [0.3, 0.4) is 0 Å². The Balaban J connectivity index is 1.86. The zero-order valence-corrected chi connectivity index (χ0v) is 14.3. The summed E-state index contributed by atoms with van der Waals surface area (Å²) in [6, 6.07) is 10.1. The van der Waals surface area contributed by atoms with Crippen LogP contribution in [0, 0.1) is 5.92 Å². The van der Waals surface area contributed by atoms with E-state index in [1.807, 2.05) is 32.0 Å². The van der Waals surface area contributed by atoms with Crippen LogP contribution in [0.4, 0.5) is 0 Å². The molecule has 0 aliphatic heterocycles. The van der Waals surface area contributed by atoms with Crippen LogP contribution in [0.1, 0.15) is 36.2 Å². The predicted molar refractivity (Wildman–Crippen MR) is 92.4 cm³/mol. The highest BCUT2D eigenvalue weighted by Crippen LogP contribution is 2.19. The molecule has 0 radical (unpaired) electrons. The number of nitrogens with zero attached hydrogens (tertiary/aromatic N) is 4. The number of H-pyrrole nitrogens is 1. The average molecular weight is 340 g/mol. The average Bonchev–Trinajstić information content (AvgIpc) is 3.19. The second-order valence-electron chi connectivity index (χ2n) is 6.12. The first-order valence-corrected chi connectivity index (χ1v) is 7.99. The molecule has 8 heteroatoms. The lowest BCUT2D eigenvalue weighted by molar-refractivity contribution is 0.0916. The lowest BCUT2D eigenvalue weighted by atomic mass is 10.0. The summed E-state index contributed by atoms with van der Waals surface area (Å²) in [5.41, 5.74) is 0.568. The number of amides is 1. The van der Waals surface area contributed by atoms with Gasteiger partial charge in [0.1, 0.15) is 17.8 Å². The Labute approximate surface area is 144 Å². The molecule has 3 rings (SSSR count). The predicted octanol–water partition coefficient (Wildman–Crippen LogP) is 1.42. The molecule has 0 bridgehead atoms. The second kappa shape index (κ2) is 6.76. The minimum absolute atomic E-state index is 0.106. The van der Waals surface area contributed by atoms with Gasteiger partial charge in [-0.1, -0.05) is 32.0 Å². The van der Waals surface area contributed by atoms with Gasteiger partial charge in [0.25, 0.3) is 11.5 Å². The number of carbonyl (C=O) groups excluding carboxylic acids is 1. The third kappa shape index (κ3) is 3.37. The van der Waals surface area contributed by atoms with E-state index in [4.69, 9.17) is 0 Å². The van der Waals surface area contributed by atoms with E-state index in [0.29, 0.717) is 11.5 Å². The van der Waals surface area contributed by atoms with Crippen molar-refractivity contribution < 1.29 is 4.79 Å². The van der Waals surface area contributed by atoms with Crippen LogP contribution in [0.15, 0.2) is 47.5 Å². The Morgan fingerprint density at radius 1 is 1.24 bits per heavy atom. The molecule has 25 heavy (non-hydrogen) atoms. The molecular weight excluding hydrogens is 320 g/mol. The number of para-hydroxylation sites is 1. The SMILES string of the molecule is CC(C)[C@H](NC(=O)c1cc(=O)n(-c2ccccc2)[nH]1)c1ncnn1C. The molecule has 8 nitrogen and oxygen atoms in total. The van der Waals surface area contributed by atoms with E-state index >= 15 is 0 Å². The smallest absolute Gasteiger partial charge is 0.271 e. The van der Waals surface area contributed by atoms with E-state index in [1.54, 1.807) is 23.9 Å². The van der Waals surface area contributed by atoms with Crippen molar-refractivity contribution in [3.05, 3.63) is 64.6 Å². The standard InChI is InChI=1S/C17H20N6O2/c1-11(2)15(16-18-10-19-22(16)3)20-17(25)13-9-14(24)23(21-13)12-7-5-4-6-8-12/h4-11,15,21H,1-3H3,(H,20,25)/t15-/m0/s1. The molecular formula is C17H20N6O2. The highest BCUT2D eigenvalue weighted by atomic mass is 16.2. The van der Waals surface area contributed by atoms with Crippen molar-refractivity contribution in [2.24, 2.45) is 13.0 Å². The van der Waals surface area contributed by atoms with Gasteiger partial charge in [-0.25, -0.2) is 9.67 Å². The fraction of sp³-hybridized carbons (Fsp3) is 0.294. The van der Waals surface area contributed by atoms with E-state index in [-0.39, 0.29) is 29.1 Å². The molecule has 0 aliphatic carbocycles. The van der Waals surface area contributed by atoms with Crippen LogP contribution >= 0.6 is 0 Å². The van der Waals surface area contributed by atoms with Crippen molar-refractivity contribution in [2.75, 3.05) is 0 Å². The summed E-state index contributed by atoms with van der Waals surface area (Å²) >= 11 is 0. The monoisotopic (exact) mass is 340 g/mol. The highest BCUT2D eigenvalue weighted by molar-refractivity contribution is 5.92.